The third-order valence-corrected chi connectivity index (χ3v) is 11.5. The molecular weight excluding hydrogens is 760 g/mol. The summed E-state index contributed by atoms with van der Waals surface area (Å²) in [5.74, 6) is 1.54. The average molecular weight is 793 g/mol. The Kier molecular flexibility index (Phi) is 11.2. The van der Waals surface area contributed by atoms with E-state index < -0.39 is 0 Å². The molecule has 1 fully saturated rings. The van der Waals surface area contributed by atoms with E-state index in [2.05, 4.69) is 35.2 Å². The normalized spacial score (nSPS) is 14.1. The summed E-state index contributed by atoms with van der Waals surface area (Å²) in [6, 6.07) is 23.6. The summed E-state index contributed by atoms with van der Waals surface area (Å²) in [4.78, 5) is 28.9. The SMILES string of the molecule is Clc1ccc(Cc2nc(-c3ccncc3)sc2-c2nc[n+](C3CCCCO3)[nH]2)cc1.Clc1ccc(Cc2nc(-c3ccncc3)sc2-c2ncn[nH]2)cc1. The Balaban J connectivity index is 0.000000157. The van der Waals surface area contributed by atoms with Gasteiger partial charge in [-0.15, -0.1) is 27.4 Å². The predicted octanol–water partition coefficient (Wildman–Crippen LogP) is 9.06. The van der Waals surface area contributed by atoms with E-state index >= 15 is 0 Å². The number of hydrogen-bond acceptors (Lipinski definition) is 10. The first-order valence-corrected chi connectivity index (χ1v) is 19.7. The third kappa shape index (κ3) is 8.61. The molecule has 1 saturated heterocycles. The molecule has 54 heavy (non-hydrogen) atoms. The molecule has 0 bridgehead atoms. The van der Waals surface area contributed by atoms with Crippen molar-refractivity contribution in [2.24, 2.45) is 0 Å². The van der Waals surface area contributed by atoms with Crippen molar-refractivity contribution in [3.8, 4) is 42.5 Å². The summed E-state index contributed by atoms with van der Waals surface area (Å²) < 4.78 is 7.85. The maximum atomic E-state index is 6.05. The van der Waals surface area contributed by atoms with E-state index in [9.17, 15) is 0 Å². The highest BCUT2D eigenvalue weighted by molar-refractivity contribution is 7.18. The summed E-state index contributed by atoms with van der Waals surface area (Å²) in [6.45, 7) is 0.792. The zero-order chi connectivity index (χ0) is 36.7. The van der Waals surface area contributed by atoms with E-state index in [1.165, 1.54) is 12.7 Å². The van der Waals surface area contributed by atoms with Crippen LogP contribution in [-0.4, -0.2) is 51.8 Å². The smallest absolute Gasteiger partial charge is 0.309 e. The number of ether oxygens (including phenoxy) is 1. The van der Waals surface area contributed by atoms with Crippen molar-refractivity contribution in [1.82, 2.24) is 45.2 Å². The van der Waals surface area contributed by atoms with Gasteiger partial charge in [-0.2, -0.15) is 10.2 Å². The van der Waals surface area contributed by atoms with Crippen LogP contribution in [0, 0.1) is 0 Å². The Morgan fingerprint density at radius 2 is 1.24 bits per heavy atom. The predicted molar refractivity (Wildman–Crippen MR) is 211 cm³/mol. The number of nitrogens with one attached hydrogen (secondary N) is 2. The number of rotatable bonds is 9. The van der Waals surface area contributed by atoms with Gasteiger partial charge in [0.1, 0.15) is 21.2 Å². The number of aromatic nitrogens is 10. The number of hydrogen-bond donors (Lipinski definition) is 2. The first kappa shape index (κ1) is 35.8. The highest BCUT2D eigenvalue weighted by atomic mass is 35.5. The number of thiazole rings is 2. The Bertz CT molecular complexity index is 2390. The quantitative estimate of drug-likeness (QED) is 0.138. The monoisotopic (exact) mass is 791 g/mol. The minimum absolute atomic E-state index is 0.0207. The fourth-order valence-electron chi connectivity index (χ4n) is 5.95. The molecule has 1 aliphatic rings. The lowest BCUT2D eigenvalue weighted by molar-refractivity contribution is -0.811. The highest BCUT2D eigenvalue weighted by Gasteiger charge is 2.26. The number of nitrogens with zero attached hydrogens (tertiary/aromatic N) is 8. The van der Waals surface area contributed by atoms with Crippen molar-refractivity contribution < 1.29 is 9.42 Å². The molecule has 0 radical (unpaired) electrons. The Hall–Kier alpha value is -5.18. The van der Waals surface area contributed by atoms with Gasteiger partial charge in [0.05, 0.1) is 22.9 Å². The van der Waals surface area contributed by atoms with Crippen LogP contribution in [0.25, 0.3) is 42.5 Å². The largest absolute Gasteiger partial charge is 0.338 e. The van der Waals surface area contributed by atoms with Gasteiger partial charge < -0.3 is 4.74 Å². The first-order chi connectivity index (χ1) is 26.6. The van der Waals surface area contributed by atoms with E-state index in [0.717, 1.165) is 94.6 Å². The van der Waals surface area contributed by atoms with Crippen LogP contribution < -0.4 is 4.68 Å². The molecule has 2 N–H and O–H groups in total. The standard InChI is InChI=1S/C22H20ClN5OS.C17H12ClN5S/c23-17-6-4-15(5-7-17)13-18-20(30-22(26-18)16-8-10-24-11-9-16)21-25-14-28(27-21)19-3-1-2-12-29-19;18-13-3-1-11(2-4-13)9-14-15(16-20-10-21-23-16)24-17(22-14)12-5-7-19-8-6-12/h4-11,14,19H,1-3,12-13H2;1-8,10H,9H2,(H,20,21,23)/p+1. The van der Waals surface area contributed by atoms with E-state index in [1.807, 2.05) is 83.8 Å². The second-order valence-electron chi connectivity index (χ2n) is 12.4. The molecule has 1 aliphatic heterocycles. The third-order valence-electron chi connectivity index (χ3n) is 8.68. The topological polar surface area (TPSA) is 135 Å². The second kappa shape index (κ2) is 16.9. The molecule has 1 atom stereocenters. The van der Waals surface area contributed by atoms with E-state index in [4.69, 9.17) is 37.9 Å². The summed E-state index contributed by atoms with van der Waals surface area (Å²) in [5.41, 5.74) is 6.34. The van der Waals surface area contributed by atoms with Gasteiger partial charge in [0.15, 0.2) is 5.82 Å². The van der Waals surface area contributed by atoms with Crippen LogP contribution in [-0.2, 0) is 17.6 Å². The highest BCUT2D eigenvalue weighted by Crippen LogP contribution is 2.36. The summed E-state index contributed by atoms with van der Waals surface area (Å²) in [6.07, 6.45) is 15.1. The summed E-state index contributed by atoms with van der Waals surface area (Å²) in [5, 5.41) is 13.6. The lowest BCUT2D eigenvalue weighted by Gasteiger charge is -2.18. The van der Waals surface area contributed by atoms with Crippen LogP contribution in [0.1, 0.15) is 48.0 Å². The van der Waals surface area contributed by atoms with Crippen LogP contribution >= 0.6 is 45.9 Å². The lowest BCUT2D eigenvalue weighted by Crippen LogP contribution is -2.43. The van der Waals surface area contributed by atoms with Crippen molar-refractivity contribution >= 4 is 45.9 Å². The molecule has 6 aromatic heterocycles. The van der Waals surface area contributed by atoms with Crippen LogP contribution in [0.4, 0.5) is 0 Å². The van der Waals surface area contributed by atoms with Gasteiger partial charge in [-0.1, -0.05) is 47.5 Å². The van der Waals surface area contributed by atoms with Crippen molar-refractivity contribution in [2.45, 2.75) is 38.3 Å². The maximum Gasteiger partial charge on any atom is 0.309 e. The van der Waals surface area contributed by atoms with Gasteiger partial charge in [0.25, 0.3) is 5.82 Å². The second-order valence-corrected chi connectivity index (χ2v) is 15.3. The summed E-state index contributed by atoms with van der Waals surface area (Å²) >= 11 is 15.3. The van der Waals surface area contributed by atoms with Crippen LogP contribution in [0.2, 0.25) is 10.0 Å². The zero-order valence-corrected chi connectivity index (χ0v) is 31.9. The van der Waals surface area contributed by atoms with Gasteiger partial charge in [-0.05, 0) is 77.5 Å². The van der Waals surface area contributed by atoms with Crippen molar-refractivity contribution in [3.05, 3.63) is 143 Å². The first-order valence-electron chi connectivity index (χ1n) is 17.3. The molecule has 0 spiro atoms. The lowest BCUT2D eigenvalue weighted by atomic mass is 10.1. The summed E-state index contributed by atoms with van der Waals surface area (Å²) in [7, 11) is 0. The van der Waals surface area contributed by atoms with E-state index in [-0.39, 0.29) is 6.23 Å². The van der Waals surface area contributed by atoms with Crippen LogP contribution in [0.5, 0.6) is 0 Å². The molecule has 9 rings (SSSR count). The van der Waals surface area contributed by atoms with Gasteiger partial charge in [-0.25, -0.2) is 15.0 Å². The molecule has 7 heterocycles. The number of H-pyrrole nitrogens is 2. The maximum absolute atomic E-state index is 6.05. The average Bonchev–Trinajstić information content (AvgIpc) is 4.06. The number of halogens is 2. The Labute approximate surface area is 329 Å². The van der Waals surface area contributed by atoms with E-state index in [0.29, 0.717) is 12.8 Å². The van der Waals surface area contributed by atoms with Crippen LogP contribution in [0.15, 0.2) is 110 Å². The molecule has 270 valence electrons. The fraction of sp³-hybridized carbons (Fsp3) is 0.179. The molecular formula is C39H33Cl2N10OS2+. The van der Waals surface area contributed by atoms with Crippen molar-refractivity contribution in [3.63, 3.8) is 0 Å². The minimum Gasteiger partial charge on any atom is -0.338 e. The Morgan fingerprint density at radius 3 is 1.74 bits per heavy atom. The molecule has 0 aliphatic carbocycles. The van der Waals surface area contributed by atoms with Gasteiger partial charge in [-0.3, -0.25) is 15.1 Å². The van der Waals surface area contributed by atoms with Gasteiger partial charge in [0, 0.05) is 65.2 Å². The van der Waals surface area contributed by atoms with Crippen LogP contribution in [0.3, 0.4) is 0 Å². The molecule has 0 saturated carbocycles. The van der Waals surface area contributed by atoms with Gasteiger partial charge >= 0.3 is 6.33 Å². The fourth-order valence-corrected chi connectivity index (χ4v) is 8.27. The molecule has 2 aromatic carbocycles. The number of benzene rings is 2. The van der Waals surface area contributed by atoms with Gasteiger partial charge in [0.2, 0.25) is 6.23 Å². The van der Waals surface area contributed by atoms with Crippen molar-refractivity contribution in [1.29, 1.82) is 0 Å². The molecule has 8 aromatic rings. The number of aromatic amines is 2. The molecule has 0 amide bonds. The molecule has 11 nitrogen and oxygen atoms in total. The molecule has 1 unspecified atom stereocenters. The zero-order valence-electron chi connectivity index (χ0n) is 28.8. The minimum atomic E-state index is 0.0207. The van der Waals surface area contributed by atoms with E-state index in [1.54, 1.807) is 47.5 Å². The molecule has 15 heteroatoms. The Morgan fingerprint density at radius 1 is 0.685 bits per heavy atom. The number of pyridine rings is 2. The van der Waals surface area contributed by atoms with Crippen molar-refractivity contribution in [2.75, 3.05) is 6.61 Å².